The van der Waals surface area contributed by atoms with Crippen LogP contribution in [0.5, 0.6) is 5.75 Å². The number of aromatic nitrogens is 2. The first kappa shape index (κ1) is 21.8. The molecule has 0 atom stereocenters. The SMILES string of the molecule is Cl.NCCOc1cccnc1C(=O)N1CCc2oc(CCc3ccccc3)nc2C1. The monoisotopic (exact) mass is 428 g/mol. The van der Waals surface area contributed by atoms with E-state index in [4.69, 9.17) is 14.9 Å². The standard InChI is InChI=1S/C22H24N4O3.ClH/c23-11-14-28-19-7-4-12-24-21(19)22(27)26-13-10-18-17(15-26)25-20(29-18)9-8-16-5-2-1-3-6-16;/h1-7,12H,8-11,13-15,23H2;1H. The Kier molecular flexibility index (Phi) is 7.43. The summed E-state index contributed by atoms with van der Waals surface area (Å²) in [7, 11) is 0. The number of carbonyl (C=O) groups is 1. The number of carbonyl (C=O) groups excluding carboxylic acids is 1. The number of ether oxygens (including phenoxy) is 1. The van der Waals surface area contributed by atoms with Crippen molar-refractivity contribution in [3.8, 4) is 5.75 Å². The van der Waals surface area contributed by atoms with E-state index >= 15 is 0 Å². The first-order chi connectivity index (χ1) is 14.2. The van der Waals surface area contributed by atoms with Gasteiger partial charge in [0, 0.05) is 32.1 Å². The predicted octanol–water partition coefficient (Wildman–Crippen LogP) is 2.81. The van der Waals surface area contributed by atoms with Gasteiger partial charge in [-0.2, -0.15) is 0 Å². The lowest BCUT2D eigenvalue weighted by Gasteiger charge is -2.25. The molecule has 0 saturated carbocycles. The maximum Gasteiger partial charge on any atom is 0.276 e. The van der Waals surface area contributed by atoms with Crippen LogP contribution >= 0.6 is 12.4 Å². The average molecular weight is 429 g/mol. The summed E-state index contributed by atoms with van der Waals surface area (Å²) in [6.45, 7) is 1.69. The zero-order valence-electron chi connectivity index (χ0n) is 16.6. The van der Waals surface area contributed by atoms with Gasteiger partial charge in [0.1, 0.15) is 18.1 Å². The second kappa shape index (κ2) is 10.2. The highest BCUT2D eigenvalue weighted by atomic mass is 35.5. The third kappa shape index (κ3) is 4.98. The van der Waals surface area contributed by atoms with E-state index in [0.29, 0.717) is 44.1 Å². The van der Waals surface area contributed by atoms with Crippen molar-refractivity contribution in [2.75, 3.05) is 19.7 Å². The third-order valence-electron chi connectivity index (χ3n) is 4.88. The lowest BCUT2D eigenvalue weighted by atomic mass is 10.1. The maximum atomic E-state index is 13.0. The molecule has 30 heavy (non-hydrogen) atoms. The number of nitrogens with two attached hydrogens (primary N) is 1. The summed E-state index contributed by atoms with van der Waals surface area (Å²) in [5.41, 5.74) is 7.88. The van der Waals surface area contributed by atoms with Crippen LogP contribution < -0.4 is 10.5 Å². The molecule has 0 unspecified atom stereocenters. The second-order valence-electron chi connectivity index (χ2n) is 6.93. The second-order valence-corrected chi connectivity index (χ2v) is 6.93. The van der Waals surface area contributed by atoms with Crippen molar-refractivity contribution in [2.45, 2.75) is 25.8 Å². The molecule has 1 aromatic carbocycles. The van der Waals surface area contributed by atoms with Crippen LogP contribution in [0.15, 0.2) is 53.1 Å². The van der Waals surface area contributed by atoms with Gasteiger partial charge >= 0.3 is 0 Å². The summed E-state index contributed by atoms with van der Waals surface area (Å²) < 4.78 is 11.5. The molecule has 4 rings (SSSR count). The normalized spacial score (nSPS) is 12.8. The van der Waals surface area contributed by atoms with Gasteiger partial charge in [-0.1, -0.05) is 30.3 Å². The number of halogens is 1. The summed E-state index contributed by atoms with van der Waals surface area (Å²) in [6, 6.07) is 13.7. The molecule has 1 aliphatic rings. The van der Waals surface area contributed by atoms with Crippen molar-refractivity contribution < 1.29 is 13.9 Å². The number of oxazole rings is 1. The van der Waals surface area contributed by atoms with Gasteiger partial charge in [0.2, 0.25) is 0 Å². The van der Waals surface area contributed by atoms with Crippen LogP contribution in [-0.2, 0) is 25.8 Å². The zero-order valence-corrected chi connectivity index (χ0v) is 17.4. The highest BCUT2D eigenvalue weighted by molar-refractivity contribution is 5.95. The fraction of sp³-hybridized carbons (Fsp3) is 0.318. The topological polar surface area (TPSA) is 94.5 Å². The molecule has 3 heterocycles. The zero-order chi connectivity index (χ0) is 20.1. The Hall–Kier alpha value is -2.90. The summed E-state index contributed by atoms with van der Waals surface area (Å²) in [4.78, 5) is 23.6. The minimum absolute atomic E-state index is 0. The summed E-state index contributed by atoms with van der Waals surface area (Å²) in [5.74, 6) is 1.88. The number of amides is 1. The first-order valence-corrected chi connectivity index (χ1v) is 9.83. The van der Waals surface area contributed by atoms with Crippen LogP contribution in [0.2, 0.25) is 0 Å². The van der Waals surface area contributed by atoms with Gasteiger partial charge < -0.3 is 19.8 Å². The van der Waals surface area contributed by atoms with Crippen molar-refractivity contribution >= 4 is 18.3 Å². The third-order valence-corrected chi connectivity index (χ3v) is 4.88. The molecule has 3 aromatic rings. The van der Waals surface area contributed by atoms with Gasteiger partial charge in [0.25, 0.3) is 5.91 Å². The molecule has 0 bridgehead atoms. The Morgan fingerprint density at radius 1 is 1.17 bits per heavy atom. The molecule has 1 amide bonds. The van der Waals surface area contributed by atoms with Crippen molar-refractivity contribution in [1.29, 1.82) is 0 Å². The summed E-state index contributed by atoms with van der Waals surface area (Å²) in [6.07, 6.45) is 3.85. The fourth-order valence-electron chi connectivity index (χ4n) is 3.41. The molecule has 2 aromatic heterocycles. The molecule has 0 spiro atoms. The van der Waals surface area contributed by atoms with Crippen molar-refractivity contribution in [2.24, 2.45) is 5.73 Å². The minimum Gasteiger partial charge on any atom is -0.490 e. The van der Waals surface area contributed by atoms with E-state index in [1.807, 2.05) is 18.2 Å². The Balaban J connectivity index is 0.00000256. The Morgan fingerprint density at radius 2 is 2.00 bits per heavy atom. The molecule has 0 fully saturated rings. The number of benzene rings is 1. The Bertz CT molecular complexity index is 978. The average Bonchev–Trinajstić information content (AvgIpc) is 3.19. The Morgan fingerprint density at radius 3 is 2.80 bits per heavy atom. The van der Waals surface area contributed by atoms with Crippen molar-refractivity contribution in [3.05, 3.63) is 77.3 Å². The molecule has 158 valence electrons. The van der Waals surface area contributed by atoms with Crippen LogP contribution in [0.25, 0.3) is 0 Å². The van der Waals surface area contributed by atoms with Gasteiger partial charge in [0.15, 0.2) is 17.3 Å². The quantitative estimate of drug-likeness (QED) is 0.621. The molecule has 7 nitrogen and oxygen atoms in total. The minimum atomic E-state index is -0.169. The highest BCUT2D eigenvalue weighted by Gasteiger charge is 2.28. The largest absolute Gasteiger partial charge is 0.490 e. The van der Waals surface area contributed by atoms with Gasteiger partial charge in [-0.05, 0) is 24.1 Å². The van der Waals surface area contributed by atoms with Gasteiger partial charge in [-0.15, -0.1) is 12.4 Å². The first-order valence-electron chi connectivity index (χ1n) is 9.83. The van der Waals surface area contributed by atoms with Crippen LogP contribution in [0, 0.1) is 0 Å². The van der Waals surface area contributed by atoms with E-state index < -0.39 is 0 Å². The fourth-order valence-corrected chi connectivity index (χ4v) is 3.41. The number of nitrogens with zero attached hydrogens (tertiary/aromatic N) is 3. The number of rotatable bonds is 7. The molecule has 0 aliphatic carbocycles. The van der Waals surface area contributed by atoms with E-state index in [1.165, 1.54) is 5.56 Å². The number of pyridine rings is 1. The molecule has 8 heteroatoms. The lowest BCUT2D eigenvalue weighted by molar-refractivity contribution is 0.0717. The summed E-state index contributed by atoms with van der Waals surface area (Å²) in [5, 5.41) is 0. The van der Waals surface area contributed by atoms with E-state index in [1.54, 1.807) is 23.2 Å². The van der Waals surface area contributed by atoms with Crippen LogP contribution in [0.1, 0.15) is 33.4 Å². The van der Waals surface area contributed by atoms with Crippen molar-refractivity contribution in [1.82, 2.24) is 14.9 Å². The van der Waals surface area contributed by atoms with Crippen molar-refractivity contribution in [3.63, 3.8) is 0 Å². The number of aryl methyl sites for hydroxylation is 2. The van der Waals surface area contributed by atoms with E-state index in [2.05, 4.69) is 22.1 Å². The number of hydrogen-bond acceptors (Lipinski definition) is 6. The summed E-state index contributed by atoms with van der Waals surface area (Å²) >= 11 is 0. The van der Waals surface area contributed by atoms with Crippen LogP contribution in [-0.4, -0.2) is 40.5 Å². The smallest absolute Gasteiger partial charge is 0.276 e. The number of hydrogen-bond donors (Lipinski definition) is 1. The van der Waals surface area contributed by atoms with E-state index in [9.17, 15) is 4.79 Å². The molecular weight excluding hydrogens is 404 g/mol. The number of fused-ring (bicyclic) bond motifs is 1. The molecule has 0 saturated heterocycles. The van der Waals surface area contributed by atoms with Crippen LogP contribution in [0.3, 0.4) is 0 Å². The lowest BCUT2D eigenvalue weighted by Crippen LogP contribution is -2.36. The molecule has 1 aliphatic heterocycles. The highest BCUT2D eigenvalue weighted by Crippen LogP contribution is 2.24. The predicted molar refractivity (Wildman–Crippen MR) is 115 cm³/mol. The van der Waals surface area contributed by atoms with Gasteiger partial charge in [0.05, 0.1) is 6.54 Å². The maximum absolute atomic E-state index is 13.0. The molecular formula is C22H25ClN4O3. The van der Waals surface area contributed by atoms with E-state index in [-0.39, 0.29) is 18.3 Å². The van der Waals surface area contributed by atoms with Gasteiger partial charge in [-0.25, -0.2) is 9.97 Å². The molecule has 0 radical (unpaired) electrons. The van der Waals surface area contributed by atoms with Gasteiger partial charge in [-0.3, -0.25) is 4.79 Å². The Labute approximate surface area is 181 Å². The van der Waals surface area contributed by atoms with Crippen LogP contribution in [0.4, 0.5) is 0 Å². The van der Waals surface area contributed by atoms with E-state index in [0.717, 1.165) is 30.2 Å². The molecule has 2 N–H and O–H groups in total.